The van der Waals surface area contributed by atoms with Gasteiger partial charge in [-0.2, -0.15) is 14.3 Å². The third-order valence-electron chi connectivity index (χ3n) is 6.66. The van der Waals surface area contributed by atoms with Crippen LogP contribution < -0.4 is 10.8 Å². The maximum atomic E-state index is 13.2. The first-order valence-electron chi connectivity index (χ1n) is 12.8. The number of fused-ring (bicyclic) bond motifs is 2. The van der Waals surface area contributed by atoms with E-state index in [1.807, 2.05) is 6.07 Å². The van der Waals surface area contributed by atoms with Gasteiger partial charge >= 0.3 is 21.5 Å². The van der Waals surface area contributed by atoms with E-state index in [1.54, 1.807) is 28.8 Å². The number of halogens is 1. The molecule has 1 aromatic carbocycles. The third-order valence-corrected chi connectivity index (χ3v) is 10.3. The number of nitrogens with zero attached hydrogens (tertiary/aromatic N) is 4. The number of nitrogens with one attached hydrogen (secondary N) is 1. The molecule has 1 aliphatic carbocycles. The molecule has 2 aliphatic rings. The summed E-state index contributed by atoms with van der Waals surface area (Å²) in [5.41, 5.74) is 7.31. The van der Waals surface area contributed by atoms with Gasteiger partial charge in [-0.25, -0.2) is 19.2 Å². The molecule has 0 radical (unpaired) electrons. The summed E-state index contributed by atoms with van der Waals surface area (Å²) in [6.45, 7) is 2.01. The van der Waals surface area contributed by atoms with Crippen molar-refractivity contribution in [2.45, 2.75) is 50.8 Å². The number of aromatic nitrogens is 4. The fourth-order valence-electron chi connectivity index (χ4n) is 4.72. The van der Waals surface area contributed by atoms with Gasteiger partial charge in [0.25, 0.3) is 0 Å². The number of phosphoric acid groups is 1. The zero-order chi connectivity index (χ0) is 30.2. The lowest BCUT2D eigenvalue weighted by molar-refractivity contribution is -0.146. The Morgan fingerprint density at radius 2 is 2.00 bits per heavy atom. The quantitative estimate of drug-likeness (QED) is 0.119. The molecule has 0 bridgehead atoms. The number of esters is 1. The molecule has 2 aromatic heterocycles. The molecule has 0 spiro atoms. The molecule has 42 heavy (non-hydrogen) atoms. The molecule has 228 valence electrons. The van der Waals surface area contributed by atoms with Gasteiger partial charge in [0.1, 0.15) is 24.3 Å². The highest BCUT2D eigenvalue weighted by molar-refractivity contribution is 7.63. The molecule has 8 atom stereocenters. The number of carbonyl (C=O) groups excluding carboxylic acids is 1. The number of aliphatic hydroxyl groups excluding tert-OH is 1. The van der Waals surface area contributed by atoms with Crippen molar-refractivity contribution in [3.05, 3.63) is 47.5 Å². The van der Waals surface area contributed by atoms with Crippen LogP contribution in [0.5, 0.6) is 0 Å². The van der Waals surface area contributed by atoms with E-state index < -0.39 is 58.4 Å². The van der Waals surface area contributed by atoms with Gasteiger partial charge in [-0.05, 0) is 31.0 Å². The lowest BCUT2D eigenvalue weighted by atomic mass is 10.1. The number of benzene rings is 1. The molecule has 3 aromatic rings. The van der Waals surface area contributed by atoms with Crippen molar-refractivity contribution in [1.29, 1.82) is 0 Å². The monoisotopic (exact) mass is 646 g/mol. The Morgan fingerprint density at radius 1 is 1.26 bits per heavy atom. The molecule has 3 heterocycles. The topological polar surface area (TPSA) is 219 Å². The second-order valence-electron chi connectivity index (χ2n) is 9.60. The van der Waals surface area contributed by atoms with E-state index in [0.717, 1.165) is 5.56 Å². The Balaban J connectivity index is 1.15. The van der Waals surface area contributed by atoms with Gasteiger partial charge in [0.2, 0.25) is 5.28 Å². The molecule has 16 nitrogen and oxygen atoms in total. The minimum absolute atomic E-state index is 0.0355. The number of nitrogen functional groups attached to an aromatic ring is 1. The fourth-order valence-corrected chi connectivity index (χ4v) is 7.88. The summed E-state index contributed by atoms with van der Waals surface area (Å²) in [6.07, 6.45) is -1.07. The van der Waals surface area contributed by atoms with E-state index in [4.69, 9.17) is 40.2 Å². The first-order valence-corrected chi connectivity index (χ1v) is 16.2. The van der Waals surface area contributed by atoms with Crippen LogP contribution in [0.25, 0.3) is 11.2 Å². The van der Waals surface area contributed by atoms with Crippen LogP contribution in [-0.2, 0) is 43.4 Å². The van der Waals surface area contributed by atoms with E-state index in [-0.39, 0.29) is 30.4 Å². The van der Waals surface area contributed by atoms with Crippen molar-refractivity contribution in [1.82, 2.24) is 24.6 Å². The van der Waals surface area contributed by atoms with Crippen LogP contribution in [-0.4, -0.2) is 73.1 Å². The molecular formula is C23H29ClN6O10P2. The van der Waals surface area contributed by atoms with E-state index in [9.17, 15) is 23.9 Å². The van der Waals surface area contributed by atoms with Crippen molar-refractivity contribution in [3.8, 4) is 0 Å². The van der Waals surface area contributed by atoms with Gasteiger partial charge in [-0.3, -0.25) is 13.8 Å². The molecule has 5 rings (SSSR count). The summed E-state index contributed by atoms with van der Waals surface area (Å²) in [5.74, 6) is -1.09. The van der Waals surface area contributed by atoms with Gasteiger partial charge in [0.05, 0.1) is 37.8 Å². The van der Waals surface area contributed by atoms with E-state index in [0.29, 0.717) is 11.2 Å². The third kappa shape index (κ3) is 6.68. The highest BCUT2D eigenvalue weighted by Gasteiger charge is 2.65. The zero-order valence-electron chi connectivity index (χ0n) is 22.3. The second kappa shape index (κ2) is 12.2. The highest BCUT2D eigenvalue weighted by Crippen LogP contribution is 2.62. The molecule has 2 fully saturated rings. The summed E-state index contributed by atoms with van der Waals surface area (Å²) < 4.78 is 53.5. The normalized spacial score (nSPS) is 26.7. The van der Waals surface area contributed by atoms with Crippen molar-refractivity contribution < 1.29 is 46.8 Å². The van der Waals surface area contributed by atoms with Gasteiger partial charge in [-0.15, -0.1) is 0 Å². The number of phosphoric ester groups is 1. The Bertz CT molecular complexity index is 1550. The minimum Gasteiger partial charge on any atom is -0.460 e. The number of aliphatic hydroxyl groups is 1. The number of hydrogen-bond acceptors (Lipinski definition) is 13. The van der Waals surface area contributed by atoms with Gasteiger partial charge in [0.15, 0.2) is 11.5 Å². The van der Waals surface area contributed by atoms with Crippen LogP contribution in [0.15, 0.2) is 36.7 Å². The molecule has 0 amide bonds. The second-order valence-corrected chi connectivity index (χ2v) is 13.3. The van der Waals surface area contributed by atoms with Crippen LogP contribution in [0, 0.1) is 5.92 Å². The lowest BCUT2D eigenvalue weighted by Crippen LogP contribution is -2.34. The standard InChI is InChI=1S/C23H29ClN6O10P2/c1-3-37-41(33,29-12(2)22(32)36-9-13-7-5-4-6-8-13)40-42(34,35)38-10-14-18(31)15-17(19(15)39-14)30-11-26-16-20(25)27-23(24)28-21(16)30/h4-8,11-12,14-15,17-19,31H,3,9-10H2,1-2H3,(H,29,33)(H,34,35)(H2,25,27,28)/t12-,14?,15?,17?,18?,19?,41?/m0/s1. The number of imidazole rings is 1. The molecule has 1 saturated heterocycles. The zero-order valence-corrected chi connectivity index (χ0v) is 24.9. The van der Waals surface area contributed by atoms with Gasteiger partial charge in [0, 0.05) is 5.92 Å². The molecule has 7 unspecified atom stereocenters. The molecule has 1 aliphatic heterocycles. The lowest BCUT2D eigenvalue weighted by Gasteiger charge is -2.25. The predicted octanol–water partition coefficient (Wildman–Crippen LogP) is 2.36. The summed E-state index contributed by atoms with van der Waals surface area (Å²) in [5, 5.41) is 13.0. The average molecular weight is 647 g/mol. The van der Waals surface area contributed by atoms with E-state index >= 15 is 0 Å². The maximum absolute atomic E-state index is 13.2. The Labute approximate surface area is 244 Å². The smallest absolute Gasteiger partial charge is 0.460 e. The number of rotatable bonds is 13. The number of hydrogen-bond donors (Lipinski definition) is 4. The van der Waals surface area contributed by atoms with Crippen LogP contribution in [0.1, 0.15) is 25.5 Å². The summed E-state index contributed by atoms with van der Waals surface area (Å²) in [4.78, 5) is 34.9. The number of carbonyl (C=O) groups is 1. The van der Waals surface area contributed by atoms with Crippen molar-refractivity contribution in [3.63, 3.8) is 0 Å². The van der Waals surface area contributed by atoms with Crippen LogP contribution in [0.3, 0.4) is 0 Å². The molecule has 5 N–H and O–H groups in total. The Kier molecular flexibility index (Phi) is 9.03. The first-order chi connectivity index (χ1) is 19.9. The van der Waals surface area contributed by atoms with Crippen molar-refractivity contribution in [2.24, 2.45) is 5.92 Å². The number of anilines is 1. The average Bonchev–Trinajstić information content (AvgIpc) is 3.29. The Hall–Kier alpha value is -2.49. The number of nitrogens with two attached hydrogens (primary N) is 1. The van der Waals surface area contributed by atoms with Gasteiger partial charge in [-0.1, -0.05) is 30.3 Å². The van der Waals surface area contributed by atoms with Crippen LogP contribution >= 0.6 is 27.2 Å². The van der Waals surface area contributed by atoms with Crippen molar-refractivity contribution >= 4 is 50.1 Å². The SMILES string of the molecule is CCOP(=O)(N[C@@H](C)C(=O)OCc1ccccc1)OP(=O)(O)OCC1OC2C(C1O)C2n1cnc2c(N)nc(Cl)nc21. The molecule has 19 heteroatoms. The highest BCUT2D eigenvalue weighted by atomic mass is 35.5. The van der Waals surface area contributed by atoms with E-state index in [2.05, 4.69) is 20.0 Å². The van der Waals surface area contributed by atoms with Crippen LogP contribution in [0.4, 0.5) is 5.82 Å². The van der Waals surface area contributed by atoms with Crippen LogP contribution in [0.2, 0.25) is 5.28 Å². The summed E-state index contributed by atoms with van der Waals surface area (Å²) >= 11 is 5.92. The Morgan fingerprint density at radius 3 is 2.67 bits per heavy atom. The predicted molar refractivity (Wildman–Crippen MR) is 147 cm³/mol. The summed E-state index contributed by atoms with van der Waals surface area (Å²) in [7, 11) is -9.58. The minimum atomic E-state index is -5.04. The number of ether oxygens (including phenoxy) is 2. The molecule has 1 saturated carbocycles. The summed E-state index contributed by atoms with van der Waals surface area (Å²) in [6, 6.07) is 7.32. The van der Waals surface area contributed by atoms with Crippen molar-refractivity contribution in [2.75, 3.05) is 18.9 Å². The van der Waals surface area contributed by atoms with Gasteiger partial charge < -0.3 is 29.8 Å². The molecular weight excluding hydrogens is 618 g/mol. The van der Waals surface area contributed by atoms with E-state index in [1.165, 1.54) is 20.2 Å². The largest absolute Gasteiger partial charge is 0.480 e. The fraction of sp³-hybridized carbons (Fsp3) is 0.478. The maximum Gasteiger partial charge on any atom is 0.480 e. The first kappa shape index (κ1) is 31.0.